The molecule has 3 N–H and O–H groups in total. The molecule has 4 rings (SSSR count). The van der Waals surface area contributed by atoms with Crippen molar-refractivity contribution in [2.45, 2.75) is 115 Å². The molecule has 0 aliphatic heterocycles. The van der Waals surface area contributed by atoms with Gasteiger partial charge in [0.15, 0.2) is 0 Å². The highest BCUT2D eigenvalue weighted by Crippen LogP contribution is 2.41. The summed E-state index contributed by atoms with van der Waals surface area (Å²) in [4.78, 5) is 57.2. The standard InChI is InChI=1S/C46H65ClN6O4/c1-32(48-5)43(55)52(7)34(3)45(57)53(8)35(4)44(56)51(6)33(2)42(54)49-30-31-50-46(38-22-16-13-17-23-38,40-24-18-19-25-41(40)47)39-28-26-37(27-29-39)36-20-14-11-9-10-12-15-21-36/h13,16-19,22-29,32-36,48,50H,9-12,14-15,20-21,30-31H2,1-8H3,(H,49,54)/t32-,33?,34?,35-,46?/m1/s1. The molecule has 0 heterocycles. The average molecular weight is 802 g/mol. The van der Waals surface area contributed by atoms with Crippen molar-refractivity contribution in [1.82, 2.24) is 30.7 Å². The van der Waals surface area contributed by atoms with Crippen LogP contribution >= 0.6 is 11.6 Å². The Morgan fingerprint density at radius 1 is 0.649 bits per heavy atom. The number of amides is 4. The Balaban J connectivity index is 1.49. The SMILES string of the molecule is CN[C@H](C)C(=O)N(C)C(C)C(=O)N(C)[C@H](C)C(=O)N(C)C(C)C(=O)NCCNC(c1ccccc1)(c1ccc(C2CCCCCCCC2)cc1)c1ccccc1Cl. The van der Waals surface area contributed by atoms with Gasteiger partial charge in [0.25, 0.3) is 0 Å². The number of hydrogen-bond donors (Lipinski definition) is 3. The first kappa shape index (κ1) is 45.5. The number of carbonyl (C=O) groups is 4. The molecule has 0 aromatic heterocycles. The predicted molar refractivity (Wildman–Crippen MR) is 230 cm³/mol. The molecule has 3 unspecified atom stereocenters. The highest BCUT2D eigenvalue weighted by Gasteiger charge is 2.38. The van der Waals surface area contributed by atoms with Gasteiger partial charge in [-0.1, -0.05) is 123 Å². The normalized spacial score (nSPS) is 17.0. The second kappa shape index (κ2) is 21.5. The summed E-state index contributed by atoms with van der Waals surface area (Å²) in [7, 11) is 6.35. The number of halogens is 1. The second-order valence-corrected chi connectivity index (χ2v) is 16.1. The zero-order valence-electron chi connectivity index (χ0n) is 35.3. The minimum atomic E-state index is -0.864. The number of benzene rings is 3. The molecule has 10 nitrogen and oxygen atoms in total. The lowest BCUT2D eigenvalue weighted by atomic mass is 9.76. The molecule has 3 aromatic carbocycles. The van der Waals surface area contributed by atoms with E-state index in [9.17, 15) is 19.2 Å². The van der Waals surface area contributed by atoms with E-state index in [0.717, 1.165) is 16.7 Å². The summed E-state index contributed by atoms with van der Waals surface area (Å²) in [5.41, 5.74) is 3.53. The van der Waals surface area contributed by atoms with Gasteiger partial charge in [-0.15, -0.1) is 0 Å². The van der Waals surface area contributed by atoms with E-state index in [1.165, 1.54) is 78.7 Å². The number of carbonyl (C=O) groups excluding carboxylic acids is 4. The Morgan fingerprint density at radius 2 is 1.14 bits per heavy atom. The van der Waals surface area contributed by atoms with Gasteiger partial charge < -0.3 is 25.3 Å². The van der Waals surface area contributed by atoms with E-state index in [1.54, 1.807) is 48.8 Å². The molecule has 310 valence electrons. The molecule has 1 aliphatic rings. The van der Waals surface area contributed by atoms with Gasteiger partial charge in [-0.2, -0.15) is 0 Å². The van der Waals surface area contributed by atoms with E-state index in [-0.39, 0.29) is 24.3 Å². The summed E-state index contributed by atoms with van der Waals surface area (Å²) in [6.45, 7) is 7.32. The van der Waals surface area contributed by atoms with E-state index >= 15 is 0 Å². The molecule has 0 bridgehead atoms. The first-order valence-corrected chi connectivity index (χ1v) is 21.0. The van der Waals surface area contributed by atoms with Crippen molar-refractivity contribution in [3.8, 4) is 0 Å². The van der Waals surface area contributed by atoms with Gasteiger partial charge in [0.1, 0.15) is 18.1 Å². The molecule has 4 amide bonds. The molecule has 1 saturated carbocycles. The number of likely N-dealkylation sites (N-methyl/N-ethyl adjacent to an activating group) is 4. The van der Waals surface area contributed by atoms with E-state index < -0.39 is 35.6 Å². The van der Waals surface area contributed by atoms with Crippen molar-refractivity contribution in [3.05, 3.63) is 106 Å². The fourth-order valence-corrected chi connectivity index (χ4v) is 8.16. The summed E-state index contributed by atoms with van der Waals surface area (Å²) in [6, 6.07) is 24.3. The van der Waals surface area contributed by atoms with Crippen molar-refractivity contribution < 1.29 is 19.2 Å². The molecule has 3 aromatic rings. The summed E-state index contributed by atoms with van der Waals surface area (Å²) in [6.07, 6.45) is 10.2. The molecule has 0 radical (unpaired) electrons. The van der Waals surface area contributed by atoms with E-state index in [0.29, 0.717) is 17.5 Å². The zero-order valence-corrected chi connectivity index (χ0v) is 36.1. The van der Waals surface area contributed by atoms with E-state index in [2.05, 4.69) is 58.4 Å². The highest BCUT2D eigenvalue weighted by atomic mass is 35.5. The maximum atomic E-state index is 13.6. The fraction of sp³-hybridized carbons (Fsp3) is 0.522. The lowest BCUT2D eigenvalue weighted by Crippen LogP contribution is -2.57. The summed E-state index contributed by atoms with van der Waals surface area (Å²) >= 11 is 7.02. The third kappa shape index (κ3) is 11.0. The minimum Gasteiger partial charge on any atom is -0.353 e. The van der Waals surface area contributed by atoms with Crippen LogP contribution in [0.25, 0.3) is 0 Å². The number of nitrogens with zero attached hydrogens (tertiary/aromatic N) is 3. The van der Waals surface area contributed by atoms with Gasteiger partial charge in [-0.25, -0.2) is 0 Å². The largest absolute Gasteiger partial charge is 0.353 e. The fourth-order valence-electron chi connectivity index (χ4n) is 7.88. The van der Waals surface area contributed by atoms with Crippen LogP contribution in [0.1, 0.15) is 107 Å². The first-order chi connectivity index (χ1) is 27.3. The smallest absolute Gasteiger partial charge is 0.245 e. The van der Waals surface area contributed by atoms with Crippen LogP contribution in [0.4, 0.5) is 0 Å². The van der Waals surface area contributed by atoms with Crippen LogP contribution in [0.15, 0.2) is 78.9 Å². The van der Waals surface area contributed by atoms with Crippen molar-refractivity contribution in [3.63, 3.8) is 0 Å². The van der Waals surface area contributed by atoms with Crippen LogP contribution in [0.2, 0.25) is 5.02 Å². The lowest BCUT2D eigenvalue weighted by Gasteiger charge is -2.38. The second-order valence-electron chi connectivity index (χ2n) is 15.7. The third-order valence-electron chi connectivity index (χ3n) is 12.2. The Kier molecular flexibility index (Phi) is 17.1. The molecular formula is C46H65ClN6O4. The number of nitrogens with one attached hydrogen (secondary N) is 3. The maximum absolute atomic E-state index is 13.6. The van der Waals surface area contributed by atoms with Crippen LogP contribution in [0, 0.1) is 0 Å². The Hall–Kier alpha value is -4.25. The van der Waals surface area contributed by atoms with Crippen LogP contribution in [-0.2, 0) is 24.7 Å². The van der Waals surface area contributed by atoms with Gasteiger partial charge >= 0.3 is 0 Å². The maximum Gasteiger partial charge on any atom is 0.245 e. The molecule has 0 saturated heterocycles. The average Bonchev–Trinajstić information content (AvgIpc) is 3.39. The van der Waals surface area contributed by atoms with Gasteiger partial charge in [-0.3, -0.25) is 24.5 Å². The van der Waals surface area contributed by atoms with Crippen molar-refractivity contribution >= 4 is 35.2 Å². The van der Waals surface area contributed by atoms with Crippen LogP contribution in [0.3, 0.4) is 0 Å². The van der Waals surface area contributed by atoms with Gasteiger partial charge in [0, 0.05) is 39.3 Å². The molecule has 1 fully saturated rings. The van der Waals surface area contributed by atoms with Crippen molar-refractivity contribution in [2.75, 3.05) is 41.3 Å². The Morgan fingerprint density at radius 3 is 1.70 bits per heavy atom. The predicted octanol–water partition coefficient (Wildman–Crippen LogP) is 6.70. The summed E-state index contributed by atoms with van der Waals surface area (Å²) in [5.74, 6) is -0.774. The monoisotopic (exact) mass is 800 g/mol. The molecule has 57 heavy (non-hydrogen) atoms. The molecular weight excluding hydrogens is 736 g/mol. The zero-order chi connectivity index (χ0) is 41.7. The number of hydrogen-bond acceptors (Lipinski definition) is 6. The summed E-state index contributed by atoms with van der Waals surface area (Å²) in [5, 5.41) is 10.4. The molecule has 5 atom stereocenters. The van der Waals surface area contributed by atoms with E-state index in [4.69, 9.17) is 11.6 Å². The minimum absolute atomic E-state index is 0.232. The van der Waals surface area contributed by atoms with Crippen molar-refractivity contribution in [1.29, 1.82) is 0 Å². The topological polar surface area (TPSA) is 114 Å². The molecule has 1 aliphatic carbocycles. The third-order valence-corrected chi connectivity index (χ3v) is 12.5. The van der Waals surface area contributed by atoms with Crippen LogP contribution < -0.4 is 16.0 Å². The Bertz CT molecular complexity index is 1760. The van der Waals surface area contributed by atoms with Gasteiger partial charge in [0.05, 0.1) is 11.6 Å². The summed E-state index contributed by atoms with van der Waals surface area (Å²) < 4.78 is 0. The quantitative estimate of drug-likeness (QED) is 0.110. The van der Waals surface area contributed by atoms with E-state index in [1.807, 2.05) is 36.4 Å². The highest BCUT2D eigenvalue weighted by molar-refractivity contribution is 6.31. The Labute approximate surface area is 346 Å². The van der Waals surface area contributed by atoms with Gasteiger partial charge in [0.2, 0.25) is 23.6 Å². The lowest BCUT2D eigenvalue weighted by molar-refractivity contribution is -0.150. The molecule has 0 spiro atoms. The number of rotatable bonds is 16. The van der Waals surface area contributed by atoms with Crippen molar-refractivity contribution in [2.24, 2.45) is 0 Å². The van der Waals surface area contributed by atoms with Crippen LogP contribution in [0.5, 0.6) is 0 Å². The first-order valence-electron chi connectivity index (χ1n) is 20.7. The van der Waals surface area contributed by atoms with Crippen LogP contribution in [-0.4, -0.2) is 104 Å². The molecule has 11 heteroatoms. The van der Waals surface area contributed by atoms with Gasteiger partial charge in [-0.05, 0) is 81.8 Å².